The molecule has 6 heteroatoms. The predicted octanol–water partition coefficient (Wildman–Crippen LogP) is 2.44. The molecule has 0 heterocycles. The van der Waals surface area contributed by atoms with Crippen molar-refractivity contribution in [3.63, 3.8) is 0 Å². The Morgan fingerprint density at radius 3 is 2.21 bits per heavy atom. The molecule has 0 aromatic heterocycles. The SMILES string of the molecule is CCCNC(c1c(F)cccc1F)C(C)S(C)(=O)=O. The molecule has 1 aromatic carbocycles. The van der Waals surface area contributed by atoms with Crippen LogP contribution in [0.2, 0.25) is 0 Å². The maximum Gasteiger partial charge on any atom is 0.151 e. The third-order valence-corrected chi connectivity index (χ3v) is 4.69. The molecular formula is C13H19F2NO2S. The third-order valence-electron chi connectivity index (χ3n) is 3.07. The lowest BCUT2D eigenvalue weighted by atomic mass is 10.0. The molecule has 0 saturated heterocycles. The van der Waals surface area contributed by atoms with E-state index in [0.717, 1.165) is 24.8 Å². The summed E-state index contributed by atoms with van der Waals surface area (Å²) in [5, 5.41) is 2.00. The standard InChI is InChI=1S/C13H19F2NO2S/c1-4-8-16-13(9(2)19(3,17)18)12-10(14)6-5-7-11(12)15/h5-7,9,13,16H,4,8H2,1-3H3. The van der Waals surface area contributed by atoms with E-state index in [0.29, 0.717) is 6.54 Å². The Morgan fingerprint density at radius 1 is 1.26 bits per heavy atom. The first kappa shape index (κ1) is 16.0. The zero-order chi connectivity index (χ0) is 14.6. The quantitative estimate of drug-likeness (QED) is 0.875. The summed E-state index contributed by atoms with van der Waals surface area (Å²) in [7, 11) is -3.41. The smallest absolute Gasteiger partial charge is 0.151 e. The minimum Gasteiger partial charge on any atom is -0.309 e. The first-order chi connectivity index (χ1) is 8.79. The minimum absolute atomic E-state index is 0.214. The van der Waals surface area contributed by atoms with Crippen molar-refractivity contribution in [3.05, 3.63) is 35.4 Å². The Kier molecular flexibility index (Phi) is 5.43. The molecule has 2 atom stereocenters. The maximum atomic E-state index is 13.8. The monoisotopic (exact) mass is 291 g/mol. The predicted molar refractivity (Wildman–Crippen MR) is 71.7 cm³/mol. The van der Waals surface area contributed by atoms with Gasteiger partial charge in [0, 0.05) is 11.8 Å². The molecule has 1 N–H and O–H groups in total. The summed E-state index contributed by atoms with van der Waals surface area (Å²) >= 11 is 0. The van der Waals surface area contributed by atoms with Gasteiger partial charge in [-0.3, -0.25) is 0 Å². The van der Waals surface area contributed by atoms with E-state index in [4.69, 9.17) is 0 Å². The molecule has 19 heavy (non-hydrogen) atoms. The summed E-state index contributed by atoms with van der Waals surface area (Å²) < 4.78 is 50.9. The van der Waals surface area contributed by atoms with Crippen LogP contribution in [0.3, 0.4) is 0 Å². The van der Waals surface area contributed by atoms with Crippen molar-refractivity contribution in [2.75, 3.05) is 12.8 Å². The number of benzene rings is 1. The van der Waals surface area contributed by atoms with Gasteiger partial charge in [-0.1, -0.05) is 13.0 Å². The Labute approximate surface area is 112 Å². The van der Waals surface area contributed by atoms with Crippen LogP contribution in [0, 0.1) is 11.6 Å². The van der Waals surface area contributed by atoms with E-state index in [-0.39, 0.29) is 5.56 Å². The number of sulfone groups is 1. The van der Waals surface area contributed by atoms with Crippen LogP contribution in [0.5, 0.6) is 0 Å². The van der Waals surface area contributed by atoms with Gasteiger partial charge in [0.2, 0.25) is 0 Å². The molecular weight excluding hydrogens is 272 g/mol. The lowest BCUT2D eigenvalue weighted by Crippen LogP contribution is -2.36. The fourth-order valence-corrected chi connectivity index (χ4v) is 2.58. The highest BCUT2D eigenvalue weighted by Crippen LogP contribution is 2.26. The van der Waals surface area contributed by atoms with Crippen LogP contribution in [-0.2, 0) is 9.84 Å². The van der Waals surface area contributed by atoms with E-state index < -0.39 is 32.8 Å². The Hall–Kier alpha value is -1.01. The van der Waals surface area contributed by atoms with Gasteiger partial charge in [-0.15, -0.1) is 0 Å². The summed E-state index contributed by atoms with van der Waals surface area (Å²) in [6.45, 7) is 3.83. The highest BCUT2D eigenvalue weighted by Gasteiger charge is 2.30. The van der Waals surface area contributed by atoms with Crippen LogP contribution in [0.4, 0.5) is 8.78 Å². The second-order valence-corrected chi connectivity index (χ2v) is 7.00. The molecule has 108 valence electrons. The van der Waals surface area contributed by atoms with Crippen molar-refractivity contribution in [1.29, 1.82) is 0 Å². The molecule has 0 bridgehead atoms. The van der Waals surface area contributed by atoms with Crippen molar-refractivity contribution in [2.45, 2.75) is 31.6 Å². The van der Waals surface area contributed by atoms with E-state index in [9.17, 15) is 17.2 Å². The van der Waals surface area contributed by atoms with Crippen molar-refractivity contribution >= 4 is 9.84 Å². The maximum absolute atomic E-state index is 13.8. The Balaban J connectivity index is 3.24. The van der Waals surface area contributed by atoms with Gasteiger partial charge in [-0.05, 0) is 32.0 Å². The molecule has 0 aliphatic rings. The van der Waals surface area contributed by atoms with E-state index >= 15 is 0 Å². The van der Waals surface area contributed by atoms with Gasteiger partial charge in [-0.25, -0.2) is 17.2 Å². The highest BCUT2D eigenvalue weighted by atomic mass is 32.2. The van der Waals surface area contributed by atoms with E-state index in [1.165, 1.54) is 13.0 Å². The molecule has 0 saturated carbocycles. The van der Waals surface area contributed by atoms with Crippen molar-refractivity contribution < 1.29 is 17.2 Å². The molecule has 0 amide bonds. The summed E-state index contributed by atoms with van der Waals surface area (Å²) in [4.78, 5) is 0. The average Bonchev–Trinajstić information content (AvgIpc) is 2.31. The lowest BCUT2D eigenvalue weighted by molar-refractivity contribution is 0.452. The van der Waals surface area contributed by atoms with Gasteiger partial charge in [0.25, 0.3) is 0 Å². The molecule has 0 spiro atoms. The van der Waals surface area contributed by atoms with Crippen LogP contribution in [-0.4, -0.2) is 26.5 Å². The Bertz CT molecular complexity index is 511. The van der Waals surface area contributed by atoms with Crippen LogP contribution in [0.25, 0.3) is 0 Å². The fourth-order valence-electron chi connectivity index (χ4n) is 1.86. The molecule has 0 fully saturated rings. The number of nitrogens with one attached hydrogen (secondary N) is 1. The Morgan fingerprint density at radius 2 is 1.79 bits per heavy atom. The van der Waals surface area contributed by atoms with Crippen LogP contribution in [0.15, 0.2) is 18.2 Å². The molecule has 0 aliphatic heterocycles. The zero-order valence-electron chi connectivity index (χ0n) is 11.3. The van der Waals surface area contributed by atoms with E-state index in [1.807, 2.05) is 6.92 Å². The topological polar surface area (TPSA) is 46.2 Å². The second-order valence-electron chi connectivity index (χ2n) is 4.60. The van der Waals surface area contributed by atoms with Crippen LogP contribution in [0.1, 0.15) is 31.9 Å². The van der Waals surface area contributed by atoms with Crippen LogP contribution < -0.4 is 5.32 Å². The summed E-state index contributed by atoms with van der Waals surface area (Å²) in [5.74, 6) is -1.46. The first-order valence-corrected chi connectivity index (χ1v) is 8.10. The second kappa shape index (κ2) is 6.43. The lowest BCUT2D eigenvalue weighted by Gasteiger charge is -2.25. The molecule has 3 nitrogen and oxygen atoms in total. The highest BCUT2D eigenvalue weighted by molar-refractivity contribution is 7.91. The number of rotatable bonds is 6. The van der Waals surface area contributed by atoms with Gasteiger partial charge in [0.15, 0.2) is 9.84 Å². The van der Waals surface area contributed by atoms with E-state index in [1.54, 1.807) is 0 Å². The molecule has 2 unspecified atom stereocenters. The van der Waals surface area contributed by atoms with Gasteiger partial charge < -0.3 is 5.32 Å². The number of hydrogen-bond acceptors (Lipinski definition) is 3. The van der Waals surface area contributed by atoms with E-state index in [2.05, 4.69) is 5.32 Å². The van der Waals surface area contributed by atoms with Crippen molar-refractivity contribution in [2.24, 2.45) is 0 Å². The van der Waals surface area contributed by atoms with Gasteiger partial charge >= 0.3 is 0 Å². The summed E-state index contributed by atoms with van der Waals surface area (Å²) in [5.41, 5.74) is -0.214. The zero-order valence-corrected chi connectivity index (χ0v) is 12.1. The van der Waals surface area contributed by atoms with Crippen LogP contribution >= 0.6 is 0 Å². The number of hydrogen-bond donors (Lipinski definition) is 1. The molecule has 1 aromatic rings. The third kappa shape index (κ3) is 3.98. The fraction of sp³-hybridized carbons (Fsp3) is 0.538. The summed E-state index contributed by atoms with van der Waals surface area (Å²) in [6.07, 6.45) is 1.81. The van der Waals surface area contributed by atoms with Crippen molar-refractivity contribution in [1.82, 2.24) is 5.32 Å². The molecule has 0 aliphatic carbocycles. The normalized spacial score (nSPS) is 15.2. The first-order valence-electron chi connectivity index (χ1n) is 6.15. The van der Waals surface area contributed by atoms with Gasteiger partial charge in [0.05, 0.1) is 11.3 Å². The average molecular weight is 291 g/mol. The summed E-state index contributed by atoms with van der Waals surface area (Å²) in [6, 6.07) is 2.63. The van der Waals surface area contributed by atoms with Crippen molar-refractivity contribution in [3.8, 4) is 0 Å². The van der Waals surface area contributed by atoms with Gasteiger partial charge in [0.1, 0.15) is 11.6 Å². The molecule has 0 radical (unpaired) electrons. The number of halogens is 2. The van der Waals surface area contributed by atoms with Gasteiger partial charge in [-0.2, -0.15) is 0 Å². The largest absolute Gasteiger partial charge is 0.309 e. The minimum atomic E-state index is -3.41. The molecule has 1 rings (SSSR count).